The van der Waals surface area contributed by atoms with Crippen molar-refractivity contribution in [3.05, 3.63) is 66.4 Å². The highest BCUT2D eigenvalue weighted by molar-refractivity contribution is 5.89. The molecule has 1 fully saturated rings. The van der Waals surface area contributed by atoms with Crippen LogP contribution in [0.3, 0.4) is 0 Å². The van der Waals surface area contributed by atoms with Gasteiger partial charge in [-0.3, -0.25) is 4.98 Å². The lowest BCUT2D eigenvalue weighted by Gasteiger charge is -2.19. The molecule has 0 bridgehead atoms. The lowest BCUT2D eigenvalue weighted by atomic mass is 10.2. The first-order valence-corrected chi connectivity index (χ1v) is 9.97. The highest BCUT2D eigenvalue weighted by Crippen LogP contribution is 2.23. The van der Waals surface area contributed by atoms with Gasteiger partial charge in [0.25, 0.3) is 0 Å². The van der Waals surface area contributed by atoms with Gasteiger partial charge in [0.1, 0.15) is 11.6 Å². The summed E-state index contributed by atoms with van der Waals surface area (Å²) in [5, 5.41) is 5.71. The zero-order valence-electron chi connectivity index (χ0n) is 16.7. The molecule has 3 aromatic rings. The highest BCUT2D eigenvalue weighted by Gasteiger charge is 2.25. The number of rotatable bonds is 5. The van der Waals surface area contributed by atoms with Crippen molar-refractivity contribution in [2.24, 2.45) is 0 Å². The number of carbonyl (C=O) groups is 1. The second kappa shape index (κ2) is 8.86. The second-order valence-electron chi connectivity index (χ2n) is 7.17. The molecule has 0 spiro atoms. The Morgan fingerprint density at radius 1 is 1.17 bits per heavy atom. The van der Waals surface area contributed by atoms with Crippen LogP contribution in [0.1, 0.15) is 19.0 Å². The molecule has 0 radical (unpaired) electrons. The van der Waals surface area contributed by atoms with Crippen LogP contribution in [0.5, 0.6) is 0 Å². The Kier molecular flexibility index (Phi) is 5.83. The van der Waals surface area contributed by atoms with E-state index in [2.05, 4.69) is 32.4 Å². The molecular formula is C22H23FN6O. The summed E-state index contributed by atoms with van der Waals surface area (Å²) in [6, 6.07) is 11.2. The van der Waals surface area contributed by atoms with Crippen LogP contribution in [0.2, 0.25) is 0 Å². The van der Waals surface area contributed by atoms with Crippen molar-refractivity contribution in [3.8, 4) is 11.4 Å². The van der Waals surface area contributed by atoms with Gasteiger partial charge in [-0.05, 0) is 49.2 Å². The van der Waals surface area contributed by atoms with Gasteiger partial charge in [-0.15, -0.1) is 0 Å². The minimum absolute atomic E-state index is 0.00475. The molecule has 0 aliphatic carbocycles. The van der Waals surface area contributed by atoms with Gasteiger partial charge in [-0.25, -0.2) is 19.2 Å². The van der Waals surface area contributed by atoms with Gasteiger partial charge in [0.2, 0.25) is 0 Å². The van der Waals surface area contributed by atoms with Crippen molar-refractivity contribution in [2.45, 2.75) is 25.8 Å². The van der Waals surface area contributed by atoms with Crippen molar-refractivity contribution in [1.82, 2.24) is 20.3 Å². The predicted octanol–water partition coefficient (Wildman–Crippen LogP) is 3.64. The molecule has 1 aromatic carbocycles. The smallest absolute Gasteiger partial charge is 0.319 e. The van der Waals surface area contributed by atoms with E-state index in [9.17, 15) is 9.18 Å². The number of nitrogens with one attached hydrogen (secondary N) is 2. The van der Waals surface area contributed by atoms with Crippen molar-refractivity contribution in [2.75, 3.05) is 23.3 Å². The number of aryl methyl sites for hydroxylation is 1. The molecule has 2 amide bonds. The van der Waals surface area contributed by atoms with Crippen LogP contribution in [0, 0.1) is 5.82 Å². The van der Waals surface area contributed by atoms with Gasteiger partial charge >= 0.3 is 6.03 Å². The van der Waals surface area contributed by atoms with Crippen molar-refractivity contribution < 1.29 is 9.18 Å². The summed E-state index contributed by atoms with van der Waals surface area (Å²) in [7, 11) is 0. The maximum Gasteiger partial charge on any atom is 0.319 e. The van der Waals surface area contributed by atoms with Crippen LogP contribution in [-0.2, 0) is 6.42 Å². The van der Waals surface area contributed by atoms with E-state index >= 15 is 0 Å². The molecule has 2 aromatic heterocycles. The summed E-state index contributed by atoms with van der Waals surface area (Å²) in [6.45, 7) is 3.51. The van der Waals surface area contributed by atoms with Gasteiger partial charge in [0, 0.05) is 54.5 Å². The van der Waals surface area contributed by atoms with Gasteiger partial charge in [-0.2, -0.15) is 0 Å². The van der Waals surface area contributed by atoms with Crippen LogP contribution in [0.25, 0.3) is 11.4 Å². The monoisotopic (exact) mass is 406 g/mol. The summed E-state index contributed by atoms with van der Waals surface area (Å²) in [5.74, 6) is 1.20. The lowest BCUT2D eigenvalue weighted by molar-refractivity contribution is 0.249. The number of hydrogen-bond acceptors (Lipinski definition) is 5. The Labute approximate surface area is 174 Å². The zero-order valence-corrected chi connectivity index (χ0v) is 16.7. The molecule has 0 saturated carbocycles. The second-order valence-corrected chi connectivity index (χ2v) is 7.17. The molecule has 30 heavy (non-hydrogen) atoms. The van der Waals surface area contributed by atoms with Gasteiger partial charge in [0.15, 0.2) is 5.82 Å². The normalized spacial score (nSPS) is 15.8. The summed E-state index contributed by atoms with van der Waals surface area (Å²) in [6.07, 6.45) is 5.08. The number of nitrogens with zero attached hydrogens (tertiary/aromatic N) is 4. The largest absolute Gasteiger partial charge is 0.354 e. The Morgan fingerprint density at radius 2 is 1.93 bits per heavy atom. The van der Waals surface area contributed by atoms with Gasteiger partial charge < -0.3 is 15.5 Å². The van der Waals surface area contributed by atoms with Crippen LogP contribution < -0.4 is 15.5 Å². The first-order valence-electron chi connectivity index (χ1n) is 9.97. The van der Waals surface area contributed by atoms with Gasteiger partial charge in [0.05, 0.1) is 0 Å². The maximum atomic E-state index is 13.0. The average molecular weight is 406 g/mol. The molecule has 1 aliphatic rings. The van der Waals surface area contributed by atoms with Crippen LogP contribution in [-0.4, -0.2) is 40.1 Å². The number of pyridine rings is 1. The van der Waals surface area contributed by atoms with E-state index in [1.165, 1.54) is 24.3 Å². The molecule has 1 atom stereocenters. The molecule has 3 heterocycles. The fourth-order valence-electron chi connectivity index (χ4n) is 3.43. The number of halogens is 1. The third kappa shape index (κ3) is 4.71. The van der Waals surface area contributed by atoms with Crippen molar-refractivity contribution in [1.29, 1.82) is 0 Å². The average Bonchev–Trinajstić information content (AvgIpc) is 3.24. The standard InChI is InChI=1S/C22H23FN6O/c1-2-17-13-20(28-21(25-17)15-7-10-24-11-8-15)29-12-9-19(14-29)27-22(30)26-18-5-3-16(23)4-6-18/h3-8,10-11,13,19H,2,9,12,14H2,1H3,(H2,26,27,30). The minimum Gasteiger partial charge on any atom is -0.354 e. The molecule has 1 unspecified atom stereocenters. The Hall–Kier alpha value is -3.55. The molecular weight excluding hydrogens is 383 g/mol. The maximum absolute atomic E-state index is 13.0. The summed E-state index contributed by atoms with van der Waals surface area (Å²) in [4.78, 5) is 27.9. The van der Waals surface area contributed by atoms with Crippen LogP contribution >= 0.6 is 0 Å². The number of anilines is 2. The molecule has 154 valence electrons. The summed E-state index contributed by atoms with van der Waals surface area (Å²) >= 11 is 0. The number of aromatic nitrogens is 3. The number of carbonyl (C=O) groups excluding carboxylic acids is 1. The lowest BCUT2D eigenvalue weighted by Crippen LogP contribution is -2.39. The van der Waals surface area contributed by atoms with Crippen LogP contribution in [0.4, 0.5) is 20.7 Å². The van der Waals surface area contributed by atoms with E-state index in [-0.39, 0.29) is 17.9 Å². The summed E-state index contributed by atoms with van der Waals surface area (Å²) in [5.41, 5.74) is 2.44. The van der Waals surface area contributed by atoms with Crippen molar-refractivity contribution >= 4 is 17.5 Å². The molecule has 1 aliphatic heterocycles. The number of urea groups is 1. The highest BCUT2D eigenvalue weighted by atomic mass is 19.1. The number of amides is 2. The Morgan fingerprint density at radius 3 is 2.67 bits per heavy atom. The van der Waals surface area contributed by atoms with Crippen LogP contribution in [0.15, 0.2) is 54.9 Å². The van der Waals surface area contributed by atoms with E-state index in [0.717, 1.165) is 36.5 Å². The molecule has 2 N–H and O–H groups in total. The van der Waals surface area contributed by atoms with E-state index < -0.39 is 0 Å². The molecule has 1 saturated heterocycles. The fourth-order valence-corrected chi connectivity index (χ4v) is 3.43. The third-order valence-corrected chi connectivity index (χ3v) is 5.02. The van der Waals surface area contributed by atoms with E-state index in [0.29, 0.717) is 18.1 Å². The van der Waals surface area contributed by atoms with E-state index in [4.69, 9.17) is 4.98 Å². The first kappa shape index (κ1) is 19.8. The molecule has 7 nitrogen and oxygen atoms in total. The SMILES string of the molecule is CCc1cc(N2CCC(NC(=O)Nc3ccc(F)cc3)C2)nc(-c2ccncc2)n1. The van der Waals surface area contributed by atoms with Gasteiger partial charge in [-0.1, -0.05) is 6.92 Å². The Balaban J connectivity index is 1.42. The first-order chi connectivity index (χ1) is 14.6. The number of benzene rings is 1. The van der Waals surface area contributed by atoms with E-state index in [1.807, 2.05) is 18.2 Å². The fraction of sp³-hybridized carbons (Fsp3) is 0.273. The number of hydrogen-bond donors (Lipinski definition) is 2. The Bertz CT molecular complexity index is 1010. The van der Waals surface area contributed by atoms with Crippen molar-refractivity contribution in [3.63, 3.8) is 0 Å². The third-order valence-electron chi connectivity index (χ3n) is 5.02. The molecule has 4 rings (SSSR count). The quantitative estimate of drug-likeness (QED) is 0.676. The molecule has 8 heteroatoms. The summed E-state index contributed by atoms with van der Waals surface area (Å²) < 4.78 is 13.0. The zero-order chi connectivity index (χ0) is 20.9. The minimum atomic E-state index is -0.338. The topological polar surface area (TPSA) is 83.0 Å². The van der Waals surface area contributed by atoms with E-state index in [1.54, 1.807) is 12.4 Å². The predicted molar refractivity (Wildman–Crippen MR) is 114 cm³/mol.